The SMILES string of the molecule is CCn1nc(C)c(Br)c1CN(C)Cc1cscn1. The maximum atomic E-state index is 4.51. The number of hydrogen-bond donors (Lipinski definition) is 0. The molecule has 2 rings (SSSR count). The molecule has 2 aromatic rings. The zero-order valence-electron chi connectivity index (χ0n) is 10.9. The van der Waals surface area contributed by atoms with Crippen LogP contribution in [0.1, 0.15) is 24.0 Å². The highest BCUT2D eigenvalue weighted by Crippen LogP contribution is 2.22. The third-order valence-electron chi connectivity index (χ3n) is 2.79. The van der Waals surface area contributed by atoms with Crippen LogP contribution in [0.15, 0.2) is 15.4 Å². The Hall–Kier alpha value is -0.720. The second-order valence-corrected chi connectivity index (χ2v) is 5.83. The Kier molecular flexibility index (Phi) is 4.53. The van der Waals surface area contributed by atoms with Gasteiger partial charge in [0.15, 0.2) is 0 Å². The molecule has 0 aromatic carbocycles. The third-order valence-corrected chi connectivity index (χ3v) is 4.45. The van der Waals surface area contributed by atoms with E-state index in [9.17, 15) is 0 Å². The molecule has 18 heavy (non-hydrogen) atoms. The van der Waals surface area contributed by atoms with Crippen molar-refractivity contribution in [3.63, 3.8) is 0 Å². The van der Waals surface area contributed by atoms with Crippen LogP contribution in [-0.4, -0.2) is 26.7 Å². The van der Waals surface area contributed by atoms with Crippen molar-refractivity contribution in [3.8, 4) is 0 Å². The summed E-state index contributed by atoms with van der Waals surface area (Å²) in [5, 5.41) is 6.60. The minimum atomic E-state index is 0.865. The van der Waals surface area contributed by atoms with Gasteiger partial charge in [-0.1, -0.05) is 0 Å². The molecule has 0 saturated heterocycles. The van der Waals surface area contributed by atoms with E-state index in [0.29, 0.717) is 0 Å². The van der Waals surface area contributed by atoms with Crippen LogP contribution in [0.2, 0.25) is 0 Å². The first-order valence-corrected chi connectivity index (χ1v) is 7.62. The van der Waals surface area contributed by atoms with E-state index < -0.39 is 0 Å². The second-order valence-electron chi connectivity index (χ2n) is 4.31. The summed E-state index contributed by atoms with van der Waals surface area (Å²) in [4.78, 5) is 6.56. The van der Waals surface area contributed by atoms with Crippen molar-refractivity contribution in [2.24, 2.45) is 0 Å². The Morgan fingerprint density at radius 2 is 2.22 bits per heavy atom. The highest BCUT2D eigenvalue weighted by atomic mass is 79.9. The van der Waals surface area contributed by atoms with Crippen LogP contribution < -0.4 is 0 Å². The Balaban J connectivity index is 2.09. The van der Waals surface area contributed by atoms with Gasteiger partial charge in [-0.15, -0.1) is 11.3 Å². The van der Waals surface area contributed by atoms with Gasteiger partial charge in [0.05, 0.1) is 27.1 Å². The van der Waals surface area contributed by atoms with Crippen molar-refractivity contribution < 1.29 is 0 Å². The smallest absolute Gasteiger partial charge is 0.0795 e. The number of thiazole rings is 1. The summed E-state index contributed by atoms with van der Waals surface area (Å²) in [5.74, 6) is 0. The van der Waals surface area contributed by atoms with Crippen molar-refractivity contribution in [1.29, 1.82) is 0 Å². The largest absolute Gasteiger partial charge is 0.295 e. The van der Waals surface area contributed by atoms with Gasteiger partial charge in [0.2, 0.25) is 0 Å². The molecule has 98 valence electrons. The highest BCUT2D eigenvalue weighted by Gasteiger charge is 2.14. The number of rotatable bonds is 5. The predicted molar refractivity (Wildman–Crippen MR) is 77.6 cm³/mol. The molecule has 0 spiro atoms. The number of hydrogen-bond acceptors (Lipinski definition) is 4. The number of halogens is 1. The zero-order chi connectivity index (χ0) is 13.1. The molecular weight excluding hydrogens is 312 g/mol. The maximum Gasteiger partial charge on any atom is 0.0795 e. The minimum absolute atomic E-state index is 0.865. The van der Waals surface area contributed by atoms with Gasteiger partial charge in [-0.3, -0.25) is 9.58 Å². The first-order chi connectivity index (χ1) is 8.61. The normalized spacial score (nSPS) is 11.4. The van der Waals surface area contributed by atoms with Crippen LogP contribution in [0, 0.1) is 6.92 Å². The van der Waals surface area contributed by atoms with Gasteiger partial charge in [-0.05, 0) is 36.8 Å². The summed E-state index contributed by atoms with van der Waals surface area (Å²) in [6.07, 6.45) is 0. The van der Waals surface area contributed by atoms with E-state index in [1.54, 1.807) is 11.3 Å². The van der Waals surface area contributed by atoms with Gasteiger partial charge in [0.1, 0.15) is 0 Å². The van der Waals surface area contributed by atoms with E-state index in [4.69, 9.17) is 0 Å². The summed E-state index contributed by atoms with van der Waals surface area (Å²) in [5.41, 5.74) is 5.28. The third kappa shape index (κ3) is 2.99. The van der Waals surface area contributed by atoms with E-state index in [2.05, 4.69) is 54.9 Å². The van der Waals surface area contributed by atoms with Crippen LogP contribution in [0.4, 0.5) is 0 Å². The molecule has 0 aliphatic carbocycles. The van der Waals surface area contributed by atoms with Crippen LogP contribution in [0.5, 0.6) is 0 Å². The average Bonchev–Trinajstić information content (AvgIpc) is 2.92. The maximum absolute atomic E-state index is 4.51. The lowest BCUT2D eigenvalue weighted by molar-refractivity contribution is 0.304. The van der Waals surface area contributed by atoms with Crippen molar-refractivity contribution in [2.75, 3.05) is 7.05 Å². The van der Waals surface area contributed by atoms with Crippen molar-refractivity contribution in [2.45, 2.75) is 33.5 Å². The van der Waals surface area contributed by atoms with Gasteiger partial charge in [0, 0.05) is 25.0 Å². The van der Waals surface area contributed by atoms with Crippen LogP contribution >= 0.6 is 27.3 Å². The highest BCUT2D eigenvalue weighted by molar-refractivity contribution is 9.10. The fourth-order valence-corrected chi connectivity index (χ4v) is 2.88. The molecule has 0 unspecified atom stereocenters. The quantitative estimate of drug-likeness (QED) is 0.845. The molecule has 4 nitrogen and oxygen atoms in total. The van der Waals surface area contributed by atoms with Crippen molar-refractivity contribution >= 4 is 27.3 Å². The number of nitrogens with zero attached hydrogens (tertiary/aromatic N) is 4. The molecule has 0 fully saturated rings. The van der Waals surface area contributed by atoms with Gasteiger partial charge in [-0.25, -0.2) is 4.98 Å². The molecule has 2 aromatic heterocycles. The van der Waals surface area contributed by atoms with Crippen LogP contribution in [0.25, 0.3) is 0 Å². The molecule has 0 radical (unpaired) electrons. The van der Waals surface area contributed by atoms with Gasteiger partial charge in [0.25, 0.3) is 0 Å². The lowest BCUT2D eigenvalue weighted by atomic mass is 10.3. The van der Waals surface area contributed by atoms with Gasteiger partial charge in [-0.2, -0.15) is 5.10 Å². The van der Waals surface area contributed by atoms with Gasteiger partial charge < -0.3 is 0 Å². The molecule has 0 amide bonds. The Morgan fingerprint density at radius 3 is 2.83 bits per heavy atom. The minimum Gasteiger partial charge on any atom is -0.295 e. The first kappa shape index (κ1) is 13.7. The molecule has 6 heteroatoms. The van der Waals surface area contributed by atoms with Crippen LogP contribution in [-0.2, 0) is 19.6 Å². The molecular formula is C12H17BrN4S. The van der Waals surface area contributed by atoms with Gasteiger partial charge >= 0.3 is 0 Å². The fraction of sp³-hybridized carbons (Fsp3) is 0.500. The summed E-state index contributed by atoms with van der Waals surface area (Å²) in [7, 11) is 2.11. The monoisotopic (exact) mass is 328 g/mol. The standard InChI is InChI=1S/C12H17BrN4S/c1-4-17-11(12(13)9(2)15-17)6-16(3)5-10-7-18-8-14-10/h7-8H,4-6H2,1-3H3. The molecule has 0 bridgehead atoms. The summed E-state index contributed by atoms with van der Waals surface area (Å²) >= 11 is 5.26. The van der Waals surface area contributed by atoms with E-state index >= 15 is 0 Å². The summed E-state index contributed by atoms with van der Waals surface area (Å²) in [6.45, 7) is 6.77. The van der Waals surface area contributed by atoms with E-state index in [1.165, 1.54) is 5.69 Å². The van der Waals surface area contributed by atoms with E-state index in [-0.39, 0.29) is 0 Å². The summed E-state index contributed by atoms with van der Waals surface area (Å²) < 4.78 is 3.17. The van der Waals surface area contributed by atoms with E-state index in [0.717, 1.165) is 35.5 Å². The molecule has 0 saturated carbocycles. The van der Waals surface area contributed by atoms with Crippen LogP contribution in [0.3, 0.4) is 0 Å². The van der Waals surface area contributed by atoms with Crippen molar-refractivity contribution in [1.82, 2.24) is 19.7 Å². The number of aryl methyl sites for hydroxylation is 2. The first-order valence-electron chi connectivity index (χ1n) is 5.89. The molecule has 0 atom stereocenters. The average molecular weight is 329 g/mol. The molecule has 0 aliphatic rings. The predicted octanol–water partition coefficient (Wildman–Crippen LogP) is 3.06. The topological polar surface area (TPSA) is 34.0 Å². The summed E-state index contributed by atoms with van der Waals surface area (Å²) in [6, 6.07) is 0. The Morgan fingerprint density at radius 1 is 1.44 bits per heavy atom. The second kappa shape index (κ2) is 5.95. The fourth-order valence-electron chi connectivity index (χ4n) is 1.92. The Bertz CT molecular complexity index is 506. The molecule has 2 heterocycles. The number of aromatic nitrogens is 3. The molecule has 0 aliphatic heterocycles. The zero-order valence-corrected chi connectivity index (χ0v) is 13.3. The lowest BCUT2D eigenvalue weighted by Crippen LogP contribution is -2.20. The van der Waals surface area contributed by atoms with Crippen molar-refractivity contribution in [3.05, 3.63) is 32.4 Å². The molecule has 0 N–H and O–H groups in total. The van der Waals surface area contributed by atoms with E-state index in [1.807, 2.05) is 12.4 Å². The lowest BCUT2D eigenvalue weighted by Gasteiger charge is -2.16. The Labute approximate surface area is 120 Å².